The predicted molar refractivity (Wildman–Crippen MR) is 74.8 cm³/mol. The van der Waals surface area contributed by atoms with Gasteiger partial charge in [-0.2, -0.15) is 5.26 Å². The topological polar surface area (TPSA) is 44.1 Å². The van der Waals surface area contributed by atoms with E-state index in [0.29, 0.717) is 5.56 Å². The van der Waals surface area contributed by atoms with Gasteiger partial charge in [-0.05, 0) is 38.8 Å². The first-order valence-corrected chi connectivity index (χ1v) is 6.88. The molecule has 19 heavy (non-hydrogen) atoms. The Bertz CT molecular complexity index is 490. The smallest absolute Gasteiger partial charge is 0.254 e. The molecule has 1 fully saturated rings. The van der Waals surface area contributed by atoms with Gasteiger partial charge in [-0.1, -0.05) is 30.0 Å². The van der Waals surface area contributed by atoms with Crippen LogP contribution in [-0.2, 0) is 0 Å². The largest absolute Gasteiger partial charge is 0.322 e. The average molecular weight is 256 g/mol. The second-order valence-electron chi connectivity index (χ2n) is 5.41. The van der Waals surface area contributed by atoms with Crippen LogP contribution in [0.5, 0.6) is 0 Å². The molecule has 0 aliphatic heterocycles. The third kappa shape index (κ3) is 3.14. The van der Waals surface area contributed by atoms with Crippen LogP contribution in [0.3, 0.4) is 0 Å². The fourth-order valence-corrected chi connectivity index (χ4v) is 2.92. The van der Waals surface area contributed by atoms with Crippen LogP contribution in [0.4, 0.5) is 0 Å². The third-order valence-corrected chi connectivity index (χ3v) is 3.74. The normalized spacial score (nSPS) is 15.2. The van der Waals surface area contributed by atoms with E-state index in [4.69, 9.17) is 5.26 Å². The van der Waals surface area contributed by atoms with E-state index in [9.17, 15) is 4.79 Å². The van der Waals surface area contributed by atoms with E-state index in [1.807, 2.05) is 26.0 Å². The molecule has 1 aromatic rings. The number of rotatable bonds is 3. The lowest BCUT2D eigenvalue weighted by atomic mass is 10.1. The summed E-state index contributed by atoms with van der Waals surface area (Å²) < 4.78 is 0. The van der Waals surface area contributed by atoms with Crippen molar-refractivity contribution in [2.45, 2.75) is 45.6 Å². The van der Waals surface area contributed by atoms with Crippen LogP contribution in [0, 0.1) is 25.2 Å². The summed E-state index contributed by atoms with van der Waals surface area (Å²) in [5.41, 5.74) is 2.89. The SMILES string of the molecule is Cc1cc(C)cc(C(=O)N(CC#N)C2CCCC2)c1. The summed E-state index contributed by atoms with van der Waals surface area (Å²) in [5.74, 6) is 0.000231. The van der Waals surface area contributed by atoms with Gasteiger partial charge in [-0.3, -0.25) is 4.79 Å². The zero-order chi connectivity index (χ0) is 13.8. The van der Waals surface area contributed by atoms with Crippen molar-refractivity contribution < 1.29 is 4.79 Å². The van der Waals surface area contributed by atoms with Crippen molar-refractivity contribution >= 4 is 5.91 Å². The summed E-state index contributed by atoms with van der Waals surface area (Å²) in [4.78, 5) is 14.4. The van der Waals surface area contributed by atoms with Crippen molar-refractivity contribution in [2.24, 2.45) is 0 Å². The van der Waals surface area contributed by atoms with Gasteiger partial charge < -0.3 is 4.90 Å². The highest BCUT2D eigenvalue weighted by Crippen LogP contribution is 2.25. The number of carbonyl (C=O) groups excluding carboxylic acids is 1. The molecule has 1 aromatic carbocycles. The van der Waals surface area contributed by atoms with Crippen LogP contribution < -0.4 is 0 Å². The van der Waals surface area contributed by atoms with E-state index >= 15 is 0 Å². The number of nitriles is 1. The van der Waals surface area contributed by atoms with Gasteiger partial charge >= 0.3 is 0 Å². The summed E-state index contributed by atoms with van der Waals surface area (Å²) in [6.07, 6.45) is 4.37. The summed E-state index contributed by atoms with van der Waals surface area (Å²) in [7, 11) is 0. The molecule has 3 heteroatoms. The minimum absolute atomic E-state index is 0.000231. The molecular formula is C16H20N2O. The van der Waals surface area contributed by atoms with Crippen LogP contribution >= 0.6 is 0 Å². The highest BCUT2D eigenvalue weighted by atomic mass is 16.2. The van der Waals surface area contributed by atoms with E-state index in [2.05, 4.69) is 12.1 Å². The molecule has 0 spiro atoms. The van der Waals surface area contributed by atoms with Crippen molar-refractivity contribution in [1.29, 1.82) is 5.26 Å². The van der Waals surface area contributed by atoms with Gasteiger partial charge in [-0.15, -0.1) is 0 Å². The van der Waals surface area contributed by atoms with Gasteiger partial charge in [0, 0.05) is 11.6 Å². The van der Waals surface area contributed by atoms with E-state index in [1.165, 1.54) is 0 Å². The van der Waals surface area contributed by atoms with Crippen LogP contribution in [0.25, 0.3) is 0 Å². The fourth-order valence-electron chi connectivity index (χ4n) is 2.92. The Morgan fingerprint density at radius 3 is 2.37 bits per heavy atom. The number of aryl methyl sites for hydroxylation is 2. The number of carbonyl (C=O) groups is 1. The monoisotopic (exact) mass is 256 g/mol. The van der Waals surface area contributed by atoms with Gasteiger partial charge in [-0.25, -0.2) is 0 Å². The fraction of sp³-hybridized carbons (Fsp3) is 0.500. The second kappa shape index (κ2) is 5.88. The molecule has 0 bridgehead atoms. The molecule has 1 amide bonds. The van der Waals surface area contributed by atoms with Gasteiger partial charge in [0.15, 0.2) is 0 Å². The number of nitrogens with zero attached hydrogens (tertiary/aromatic N) is 2. The number of hydrogen-bond donors (Lipinski definition) is 0. The Kier molecular flexibility index (Phi) is 4.21. The van der Waals surface area contributed by atoms with E-state index in [-0.39, 0.29) is 18.5 Å². The van der Waals surface area contributed by atoms with Crippen LogP contribution in [-0.4, -0.2) is 23.4 Å². The maximum atomic E-state index is 12.6. The van der Waals surface area contributed by atoms with E-state index in [1.54, 1.807) is 4.90 Å². The van der Waals surface area contributed by atoms with Crippen molar-refractivity contribution in [3.05, 3.63) is 34.9 Å². The van der Waals surface area contributed by atoms with Crippen molar-refractivity contribution in [3.63, 3.8) is 0 Å². The number of benzene rings is 1. The molecule has 0 heterocycles. The lowest BCUT2D eigenvalue weighted by Gasteiger charge is -2.26. The molecule has 0 atom stereocenters. The lowest BCUT2D eigenvalue weighted by Crippen LogP contribution is -2.39. The predicted octanol–water partition coefficient (Wildman–Crippen LogP) is 3.21. The Balaban J connectivity index is 2.25. The van der Waals surface area contributed by atoms with E-state index < -0.39 is 0 Å². The Morgan fingerprint density at radius 2 is 1.84 bits per heavy atom. The molecule has 1 saturated carbocycles. The van der Waals surface area contributed by atoms with Gasteiger partial charge in [0.05, 0.1) is 6.07 Å². The molecule has 1 aliphatic rings. The number of hydrogen-bond acceptors (Lipinski definition) is 2. The minimum atomic E-state index is 0.000231. The highest BCUT2D eigenvalue weighted by Gasteiger charge is 2.27. The summed E-state index contributed by atoms with van der Waals surface area (Å²) in [6.45, 7) is 4.18. The Morgan fingerprint density at radius 1 is 1.26 bits per heavy atom. The molecular weight excluding hydrogens is 236 g/mol. The first-order chi connectivity index (χ1) is 9.11. The molecule has 0 N–H and O–H groups in total. The standard InChI is InChI=1S/C16H20N2O/c1-12-9-13(2)11-14(10-12)16(19)18(8-7-17)15-5-3-4-6-15/h9-11,15H,3-6,8H2,1-2H3. The van der Waals surface area contributed by atoms with Crippen molar-refractivity contribution in [1.82, 2.24) is 4.90 Å². The minimum Gasteiger partial charge on any atom is -0.322 e. The van der Waals surface area contributed by atoms with Crippen LogP contribution in [0.15, 0.2) is 18.2 Å². The Labute approximate surface area is 114 Å². The first kappa shape index (κ1) is 13.6. The zero-order valence-corrected chi connectivity index (χ0v) is 11.6. The highest BCUT2D eigenvalue weighted by molar-refractivity contribution is 5.95. The van der Waals surface area contributed by atoms with Crippen LogP contribution in [0.2, 0.25) is 0 Å². The molecule has 0 saturated heterocycles. The van der Waals surface area contributed by atoms with Gasteiger partial charge in [0.25, 0.3) is 5.91 Å². The lowest BCUT2D eigenvalue weighted by molar-refractivity contribution is 0.0709. The quantitative estimate of drug-likeness (QED) is 0.779. The van der Waals surface area contributed by atoms with Crippen molar-refractivity contribution in [3.8, 4) is 6.07 Å². The van der Waals surface area contributed by atoms with E-state index in [0.717, 1.165) is 36.8 Å². The molecule has 3 nitrogen and oxygen atoms in total. The summed E-state index contributed by atoms with van der Waals surface area (Å²) in [5, 5.41) is 8.96. The molecule has 1 aliphatic carbocycles. The van der Waals surface area contributed by atoms with Gasteiger partial charge in [0.1, 0.15) is 6.54 Å². The van der Waals surface area contributed by atoms with Crippen LogP contribution in [0.1, 0.15) is 47.2 Å². The molecule has 0 radical (unpaired) electrons. The third-order valence-electron chi connectivity index (χ3n) is 3.74. The first-order valence-electron chi connectivity index (χ1n) is 6.88. The number of amides is 1. The van der Waals surface area contributed by atoms with Crippen molar-refractivity contribution in [2.75, 3.05) is 6.54 Å². The maximum Gasteiger partial charge on any atom is 0.254 e. The zero-order valence-electron chi connectivity index (χ0n) is 11.6. The average Bonchev–Trinajstić information content (AvgIpc) is 2.87. The molecule has 100 valence electrons. The molecule has 0 aromatic heterocycles. The molecule has 0 unspecified atom stereocenters. The molecule has 2 rings (SSSR count). The van der Waals surface area contributed by atoms with Gasteiger partial charge in [0.2, 0.25) is 0 Å². The Hall–Kier alpha value is -1.82. The maximum absolute atomic E-state index is 12.6. The summed E-state index contributed by atoms with van der Waals surface area (Å²) in [6, 6.07) is 8.25. The second-order valence-corrected chi connectivity index (χ2v) is 5.41. The summed E-state index contributed by atoms with van der Waals surface area (Å²) >= 11 is 0.